The van der Waals surface area contributed by atoms with Crippen LogP contribution < -0.4 is 4.90 Å². The van der Waals surface area contributed by atoms with Gasteiger partial charge in [0.25, 0.3) is 0 Å². The van der Waals surface area contributed by atoms with E-state index in [4.69, 9.17) is 9.84 Å². The molecule has 2 aliphatic heterocycles. The van der Waals surface area contributed by atoms with Crippen LogP contribution in [-0.2, 0) is 4.74 Å². The highest BCUT2D eigenvalue weighted by Gasteiger charge is 2.31. The third kappa shape index (κ3) is 5.34. The van der Waals surface area contributed by atoms with Crippen molar-refractivity contribution in [3.05, 3.63) is 48.5 Å². The van der Waals surface area contributed by atoms with Crippen LogP contribution in [0.2, 0.25) is 0 Å². The summed E-state index contributed by atoms with van der Waals surface area (Å²) in [4.78, 5) is 19.3. The molecule has 2 aromatic carbocycles. The van der Waals surface area contributed by atoms with E-state index in [9.17, 15) is 4.79 Å². The van der Waals surface area contributed by atoms with Crippen LogP contribution in [-0.4, -0.2) is 82.8 Å². The molecule has 8 heteroatoms. The first-order valence-electron chi connectivity index (χ1n) is 12.9. The van der Waals surface area contributed by atoms with E-state index in [0.29, 0.717) is 6.04 Å². The molecule has 0 bridgehead atoms. The van der Waals surface area contributed by atoms with Crippen molar-refractivity contribution in [3.8, 4) is 5.69 Å². The fourth-order valence-corrected chi connectivity index (χ4v) is 5.83. The number of nitrogens with zero attached hydrogens (tertiary/aromatic N) is 5. The number of piperazine rings is 1. The Morgan fingerprint density at radius 3 is 2.28 bits per heavy atom. The lowest BCUT2D eigenvalue weighted by Crippen LogP contribution is -2.55. The number of hydrogen-bond acceptors (Lipinski definition) is 6. The Kier molecular flexibility index (Phi) is 7.17. The van der Waals surface area contributed by atoms with Crippen LogP contribution in [0.1, 0.15) is 33.6 Å². The SMILES string of the molecule is CSc1nn(-c2ccccc2)c2cc(N3CCC(N4CCN(C(=O)OC(C)(C)C)CC4)CC3)ccc12. The maximum absolute atomic E-state index is 12.4. The average Bonchev–Trinajstić information content (AvgIpc) is 3.26. The minimum Gasteiger partial charge on any atom is -0.444 e. The Morgan fingerprint density at radius 2 is 1.64 bits per heavy atom. The molecule has 0 N–H and O–H groups in total. The van der Waals surface area contributed by atoms with E-state index in [1.165, 1.54) is 11.1 Å². The molecule has 0 radical (unpaired) electrons. The van der Waals surface area contributed by atoms with E-state index < -0.39 is 5.60 Å². The summed E-state index contributed by atoms with van der Waals surface area (Å²) in [6, 6.07) is 17.7. The Hall–Kier alpha value is -2.71. The van der Waals surface area contributed by atoms with Gasteiger partial charge in [-0.3, -0.25) is 4.90 Å². The number of carbonyl (C=O) groups is 1. The van der Waals surface area contributed by atoms with Gasteiger partial charge in [-0.05, 0) is 70.2 Å². The van der Waals surface area contributed by atoms with Gasteiger partial charge in [0.1, 0.15) is 10.6 Å². The lowest BCUT2D eigenvalue weighted by molar-refractivity contribution is 0.00902. The Bertz CT molecular complexity index is 1190. The number of hydrogen-bond donors (Lipinski definition) is 0. The minimum atomic E-state index is -0.445. The Labute approximate surface area is 218 Å². The quantitative estimate of drug-likeness (QED) is 0.449. The number of anilines is 1. The Balaban J connectivity index is 1.23. The number of rotatable bonds is 4. The van der Waals surface area contributed by atoms with Crippen molar-refractivity contribution >= 4 is 34.4 Å². The number of thioether (sulfide) groups is 1. The van der Waals surface area contributed by atoms with Crippen LogP contribution in [0.4, 0.5) is 10.5 Å². The zero-order chi connectivity index (χ0) is 25.3. The van der Waals surface area contributed by atoms with Gasteiger partial charge in [-0.1, -0.05) is 18.2 Å². The molecule has 3 heterocycles. The number of ether oxygens (including phenoxy) is 1. The van der Waals surface area contributed by atoms with Crippen molar-refractivity contribution < 1.29 is 9.53 Å². The molecule has 1 aromatic heterocycles. The summed E-state index contributed by atoms with van der Waals surface area (Å²) in [5.74, 6) is 0. The first kappa shape index (κ1) is 25.0. The average molecular weight is 508 g/mol. The van der Waals surface area contributed by atoms with Gasteiger partial charge in [-0.2, -0.15) is 5.10 Å². The van der Waals surface area contributed by atoms with E-state index in [1.54, 1.807) is 11.8 Å². The van der Waals surface area contributed by atoms with E-state index in [0.717, 1.165) is 68.3 Å². The molecule has 2 saturated heterocycles. The van der Waals surface area contributed by atoms with Gasteiger partial charge < -0.3 is 14.5 Å². The second-order valence-electron chi connectivity index (χ2n) is 10.7. The summed E-state index contributed by atoms with van der Waals surface area (Å²) in [5, 5.41) is 7.15. The normalized spacial score (nSPS) is 18.1. The summed E-state index contributed by atoms with van der Waals surface area (Å²) in [7, 11) is 0. The summed E-state index contributed by atoms with van der Waals surface area (Å²) < 4.78 is 7.62. The number of carbonyl (C=O) groups excluding carboxylic acids is 1. The molecule has 7 nitrogen and oxygen atoms in total. The minimum absolute atomic E-state index is 0.188. The van der Waals surface area contributed by atoms with Crippen molar-refractivity contribution in [1.29, 1.82) is 0 Å². The number of aromatic nitrogens is 2. The summed E-state index contributed by atoms with van der Waals surface area (Å²) in [5.41, 5.74) is 3.06. The van der Waals surface area contributed by atoms with Crippen LogP contribution in [0, 0.1) is 0 Å². The molecule has 0 unspecified atom stereocenters. The number of para-hydroxylation sites is 1. The lowest BCUT2D eigenvalue weighted by Gasteiger charge is -2.43. The second kappa shape index (κ2) is 10.3. The molecule has 5 rings (SSSR count). The third-order valence-electron chi connectivity index (χ3n) is 7.14. The lowest BCUT2D eigenvalue weighted by atomic mass is 10.0. The number of amides is 1. The smallest absolute Gasteiger partial charge is 0.410 e. The highest BCUT2D eigenvalue weighted by Crippen LogP contribution is 2.32. The molecular formula is C28H37N5O2S. The van der Waals surface area contributed by atoms with Crippen LogP contribution in [0.5, 0.6) is 0 Å². The fraction of sp³-hybridized carbons (Fsp3) is 0.500. The first-order valence-corrected chi connectivity index (χ1v) is 14.1. The zero-order valence-corrected chi connectivity index (χ0v) is 22.6. The van der Waals surface area contributed by atoms with Crippen molar-refractivity contribution in [2.45, 2.75) is 50.3 Å². The Morgan fingerprint density at radius 1 is 0.944 bits per heavy atom. The van der Waals surface area contributed by atoms with Crippen molar-refractivity contribution in [3.63, 3.8) is 0 Å². The van der Waals surface area contributed by atoms with Crippen molar-refractivity contribution in [2.24, 2.45) is 0 Å². The first-order chi connectivity index (χ1) is 17.3. The molecular weight excluding hydrogens is 470 g/mol. The van der Waals surface area contributed by atoms with E-state index in [1.807, 2.05) is 31.7 Å². The van der Waals surface area contributed by atoms with Crippen molar-refractivity contribution in [2.75, 3.05) is 50.4 Å². The second-order valence-corrected chi connectivity index (χ2v) is 11.5. The largest absolute Gasteiger partial charge is 0.444 e. The van der Waals surface area contributed by atoms with Gasteiger partial charge in [-0.25, -0.2) is 9.48 Å². The predicted molar refractivity (Wildman–Crippen MR) is 147 cm³/mol. The molecule has 2 fully saturated rings. The maximum atomic E-state index is 12.4. The zero-order valence-electron chi connectivity index (χ0n) is 21.8. The van der Waals surface area contributed by atoms with E-state index >= 15 is 0 Å². The van der Waals surface area contributed by atoms with Gasteiger partial charge in [-0.15, -0.1) is 11.8 Å². The molecule has 36 heavy (non-hydrogen) atoms. The molecule has 0 saturated carbocycles. The number of fused-ring (bicyclic) bond motifs is 1. The van der Waals surface area contributed by atoms with Crippen molar-refractivity contribution in [1.82, 2.24) is 19.6 Å². The third-order valence-corrected chi connectivity index (χ3v) is 7.83. The van der Waals surface area contributed by atoms with Gasteiger partial charge >= 0.3 is 6.09 Å². The van der Waals surface area contributed by atoms with Gasteiger partial charge in [0, 0.05) is 56.4 Å². The summed E-state index contributed by atoms with van der Waals surface area (Å²) in [6.07, 6.45) is 4.17. The van der Waals surface area contributed by atoms with Gasteiger partial charge in [0.05, 0.1) is 11.2 Å². The fourth-order valence-electron chi connectivity index (χ4n) is 5.27. The number of benzene rings is 2. The molecule has 0 atom stereocenters. The monoisotopic (exact) mass is 507 g/mol. The molecule has 2 aliphatic rings. The molecule has 3 aromatic rings. The summed E-state index contributed by atoms with van der Waals surface area (Å²) >= 11 is 1.69. The predicted octanol–water partition coefficient (Wildman–Crippen LogP) is 5.27. The van der Waals surface area contributed by atoms with Crippen LogP contribution in [0.25, 0.3) is 16.6 Å². The molecule has 0 aliphatic carbocycles. The maximum Gasteiger partial charge on any atom is 0.410 e. The van der Waals surface area contributed by atoms with E-state index in [2.05, 4.69) is 63.2 Å². The number of piperidine rings is 1. The topological polar surface area (TPSA) is 53.8 Å². The van der Waals surface area contributed by atoms with Crippen LogP contribution in [0.15, 0.2) is 53.6 Å². The molecule has 192 valence electrons. The van der Waals surface area contributed by atoms with Crippen LogP contribution >= 0.6 is 11.8 Å². The van der Waals surface area contributed by atoms with Gasteiger partial charge in [0.2, 0.25) is 0 Å². The highest BCUT2D eigenvalue weighted by molar-refractivity contribution is 7.98. The molecule has 0 spiro atoms. The van der Waals surface area contributed by atoms with E-state index in [-0.39, 0.29) is 6.09 Å². The summed E-state index contributed by atoms with van der Waals surface area (Å²) in [6.45, 7) is 11.2. The molecule has 1 amide bonds. The van der Waals surface area contributed by atoms with Gasteiger partial charge in [0.15, 0.2) is 0 Å². The highest BCUT2D eigenvalue weighted by atomic mass is 32.2. The standard InChI is InChI=1S/C28H37N5O2S/c1-28(2,3)35-27(34)32-18-16-31(17-19-32)21-12-14-30(15-13-21)23-10-11-24-25(20-23)33(29-26(24)36-4)22-8-6-5-7-9-22/h5-11,20-21H,12-19H2,1-4H3. The van der Waals surface area contributed by atoms with Crippen LogP contribution in [0.3, 0.4) is 0 Å².